The fraction of sp³-hybridized carbons (Fsp3) is 0.438. The van der Waals surface area contributed by atoms with Crippen molar-refractivity contribution >= 4 is 23.1 Å². The Balaban J connectivity index is 1.69. The van der Waals surface area contributed by atoms with E-state index in [1.165, 1.54) is 0 Å². The van der Waals surface area contributed by atoms with Gasteiger partial charge < -0.3 is 15.0 Å². The van der Waals surface area contributed by atoms with Gasteiger partial charge in [-0.15, -0.1) is 5.10 Å². The van der Waals surface area contributed by atoms with Crippen LogP contribution >= 0.6 is 11.5 Å². The second kappa shape index (κ2) is 6.95. The standard InChI is InChI=1S/C16H20N4O2S/c1-11-15(23-19-18-11)16(21)17-12-6-5-9-20(10-12)13-7-3-4-8-14(13)22-2/h3-4,7-8,12H,5-6,9-10H2,1-2H3,(H,17,21). The molecule has 1 aliphatic heterocycles. The van der Waals surface area contributed by atoms with Gasteiger partial charge in [-0.2, -0.15) is 0 Å². The molecule has 1 fully saturated rings. The first-order valence-corrected chi connectivity index (χ1v) is 8.44. The van der Waals surface area contributed by atoms with Gasteiger partial charge in [0.05, 0.1) is 18.5 Å². The molecule has 0 bridgehead atoms. The number of carbonyl (C=O) groups excluding carboxylic acids is 1. The number of hydrogen-bond acceptors (Lipinski definition) is 6. The van der Waals surface area contributed by atoms with Crippen LogP contribution in [0.3, 0.4) is 0 Å². The number of anilines is 1. The molecule has 0 spiro atoms. The van der Waals surface area contributed by atoms with E-state index in [-0.39, 0.29) is 11.9 Å². The topological polar surface area (TPSA) is 67.3 Å². The number of aromatic nitrogens is 2. The Bertz CT molecular complexity index is 688. The first-order valence-electron chi connectivity index (χ1n) is 7.67. The lowest BCUT2D eigenvalue weighted by Gasteiger charge is -2.35. The van der Waals surface area contributed by atoms with E-state index in [9.17, 15) is 4.79 Å². The lowest BCUT2D eigenvalue weighted by atomic mass is 10.0. The highest BCUT2D eigenvalue weighted by atomic mass is 32.1. The van der Waals surface area contributed by atoms with Gasteiger partial charge in [-0.1, -0.05) is 16.6 Å². The Morgan fingerprint density at radius 3 is 3.00 bits per heavy atom. The quantitative estimate of drug-likeness (QED) is 0.930. The molecule has 7 heteroatoms. The normalized spacial score (nSPS) is 17.8. The number of nitrogens with one attached hydrogen (secondary N) is 1. The van der Waals surface area contributed by atoms with Crippen molar-refractivity contribution in [2.75, 3.05) is 25.1 Å². The molecule has 1 amide bonds. The van der Waals surface area contributed by atoms with Crippen molar-refractivity contribution in [2.45, 2.75) is 25.8 Å². The highest BCUT2D eigenvalue weighted by Gasteiger charge is 2.24. The first kappa shape index (κ1) is 15.7. The summed E-state index contributed by atoms with van der Waals surface area (Å²) in [5.41, 5.74) is 1.76. The molecule has 0 radical (unpaired) electrons. The maximum absolute atomic E-state index is 12.3. The molecule has 0 saturated carbocycles. The highest BCUT2D eigenvalue weighted by Crippen LogP contribution is 2.30. The van der Waals surface area contributed by atoms with Gasteiger partial charge in [0.25, 0.3) is 5.91 Å². The smallest absolute Gasteiger partial charge is 0.265 e. The Kier molecular flexibility index (Phi) is 4.76. The molecule has 2 heterocycles. The summed E-state index contributed by atoms with van der Waals surface area (Å²) in [6.07, 6.45) is 2.01. The Labute approximate surface area is 139 Å². The molecule has 1 unspecified atom stereocenters. The second-order valence-electron chi connectivity index (χ2n) is 5.62. The molecule has 1 aromatic carbocycles. The van der Waals surface area contributed by atoms with E-state index in [1.54, 1.807) is 14.0 Å². The van der Waals surface area contributed by atoms with Crippen LogP contribution in [0.4, 0.5) is 5.69 Å². The Hall–Kier alpha value is -2.15. The number of methoxy groups -OCH3 is 1. The van der Waals surface area contributed by atoms with E-state index in [0.717, 1.165) is 48.9 Å². The number of carbonyl (C=O) groups is 1. The molecule has 1 saturated heterocycles. The first-order chi connectivity index (χ1) is 11.2. The van der Waals surface area contributed by atoms with Crippen molar-refractivity contribution < 1.29 is 9.53 Å². The van der Waals surface area contributed by atoms with Crippen molar-refractivity contribution in [3.8, 4) is 5.75 Å². The number of piperidine rings is 1. The number of para-hydroxylation sites is 2. The predicted molar refractivity (Wildman–Crippen MR) is 90.3 cm³/mol. The van der Waals surface area contributed by atoms with Crippen LogP contribution < -0.4 is 15.0 Å². The van der Waals surface area contributed by atoms with Crippen molar-refractivity contribution in [3.63, 3.8) is 0 Å². The van der Waals surface area contributed by atoms with Gasteiger partial charge in [0.15, 0.2) is 0 Å². The summed E-state index contributed by atoms with van der Waals surface area (Å²) < 4.78 is 9.27. The van der Waals surface area contributed by atoms with E-state index in [1.807, 2.05) is 18.2 Å². The maximum atomic E-state index is 12.3. The molecular weight excluding hydrogens is 312 g/mol. The van der Waals surface area contributed by atoms with Gasteiger partial charge in [0, 0.05) is 19.1 Å². The van der Waals surface area contributed by atoms with Crippen LogP contribution in [0.2, 0.25) is 0 Å². The highest BCUT2D eigenvalue weighted by molar-refractivity contribution is 7.08. The Morgan fingerprint density at radius 2 is 2.26 bits per heavy atom. The van der Waals surface area contributed by atoms with Crippen molar-refractivity contribution in [3.05, 3.63) is 34.8 Å². The number of hydrogen-bond donors (Lipinski definition) is 1. The zero-order valence-corrected chi connectivity index (χ0v) is 14.1. The third-order valence-electron chi connectivity index (χ3n) is 4.04. The minimum Gasteiger partial charge on any atom is -0.495 e. The van der Waals surface area contributed by atoms with Gasteiger partial charge in [-0.05, 0) is 43.4 Å². The summed E-state index contributed by atoms with van der Waals surface area (Å²) in [6, 6.07) is 8.10. The summed E-state index contributed by atoms with van der Waals surface area (Å²) in [5, 5.41) is 7.01. The SMILES string of the molecule is COc1ccccc1N1CCCC(NC(=O)c2snnc2C)C1. The van der Waals surface area contributed by atoms with Gasteiger partial charge >= 0.3 is 0 Å². The van der Waals surface area contributed by atoms with Gasteiger partial charge in [0.1, 0.15) is 10.6 Å². The van der Waals surface area contributed by atoms with E-state index >= 15 is 0 Å². The monoisotopic (exact) mass is 332 g/mol. The summed E-state index contributed by atoms with van der Waals surface area (Å²) >= 11 is 1.14. The van der Waals surface area contributed by atoms with Crippen molar-refractivity contribution in [1.29, 1.82) is 0 Å². The molecule has 23 heavy (non-hydrogen) atoms. The average Bonchev–Trinajstić information content (AvgIpc) is 3.01. The fourth-order valence-corrected chi connectivity index (χ4v) is 3.46. The van der Waals surface area contributed by atoms with Crippen LogP contribution in [0.5, 0.6) is 5.75 Å². The fourth-order valence-electron chi connectivity index (χ4n) is 2.90. The number of ether oxygens (including phenoxy) is 1. The molecule has 1 aromatic heterocycles. The Morgan fingerprint density at radius 1 is 1.43 bits per heavy atom. The van der Waals surface area contributed by atoms with Crippen LogP contribution in [0.1, 0.15) is 28.2 Å². The van der Waals surface area contributed by atoms with E-state index < -0.39 is 0 Å². The van der Waals surface area contributed by atoms with Crippen molar-refractivity contribution in [2.24, 2.45) is 0 Å². The summed E-state index contributed by atoms with van der Waals surface area (Å²) in [4.78, 5) is 15.2. The van der Waals surface area contributed by atoms with Crippen LogP contribution in [-0.4, -0.2) is 41.7 Å². The van der Waals surface area contributed by atoms with Crippen LogP contribution in [0, 0.1) is 6.92 Å². The third kappa shape index (κ3) is 3.44. The molecule has 3 rings (SSSR count). The van der Waals surface area contributed by atoms with E-state index in [4.69, 9.17) is 4.74 Å². The number of aryl methyl sites for hydroxylation is 1. The maximum Gasteiger partial charge on any atom is 0.265 e. The minimum absolute atomic E-state index is 0.0793. The largest absolute Gasteiger partial charge is 0.495 e. The lowest BCUT2D eigenvalue weighted by molar-refractivity contribution is 0.0936. The third-order valence-corrected chi connectivity index (χ3v) is 4.87. The summed E-state index contributed by atoms with van der Waals surface area (Å²) in [7, 11) is 1.68. The van der Waals surface area contributed by atoms with Crippen LogP contribution in [0.25, 0.3) is 0 Å². The van der Waals surface area contributed by atoms with Gasteiger partial charge in [0.2, 0.25) is 0 Å². The van der Waals surface area contributed by atoms with Crippen molar-refractivity contribution in [1.82, 2.24) is 14.9 Å². The summed E-state index contributed by atoms with van der Waals surface area (Å²) in [5.74, 6) is 0.784. The van der Waals surface area contributed by atoms with E-state index in [2.05, 4.69) is 25.9 Å². The minimum atomic E-state index is -0.0793. The number of rotatable bonds is 4. The average molecular weight is 332 g/mol. The molecule has 122 valence electrons. The molecule has 6 nitrogen and oxygen atoms in total. The molecule has 1 aliphatic rings. The second-order valence-corrected chi connectivity index (χ2v) is 6.37. The molecular formula is C16H20N4O2S. The zero-order valence-electron chi connectivity index (χ0n) is 13.3. The molecule has 1 N–H and O–H groups in total. The summed E-state index contributed by atoms with van der Waals surface area (Å²) in [6.45, 7) is 3.55. The number of amides is 1. The lowest BCUT2D eigenvalue weighted by Crippen LogP contribution is -2.47. The van der Waals surface area contributed by atoms with E-state index in [0.29, 0.717) is 10.6 Å². The molecule has 0 aliphatic carbocycles. The van der Waals surface area contributed by atoms with Gasteiger partial charge in [-0.25, -0.2) is 0 Å². The number of nitrogens with zero attached hydrogens (tertiary/aromatic N) is 3. The molecule has 2 aromatic rings. The number of benzene rings is 1. The zero-order chi connectivity index (χ0) is 16.2. The van der Waals surface area contributed by atoms with Crippen LogP contribution in [-0.2, 0) is 0 Å². The van der Waals surface area contributed by atoms with Crippen LogP contribution in [0.15, 0.2) is 24.3 Å². The molecule has 1 atom stereocenters. The predicted octanol–water partition coefficient (Wildman–Crippen LogP) is 2.25. The van der Waals surface area contributed by atoms with Gasteiger partial charge in [-0.3, -0.25) is 4.79 Å².